The molecule has 0 heterocycles. The second-order valence-corrected chi connectivity index (χ2v) is 3.30. The van der Waals surface area contributed by atoms with Gasteiger partial charge in [-0.25, -0.2) is 0 Å². The smallest absolute Gasteiger partial charge is 0.161 e. The van der Waals surface area contributed by atoms with Crippen molar-refractivity contribution in [3.63, 3.8) is 0 Å². The highest BCUT2D eigenvalue weighted by molar-refractivity contribution is 5.99. The molecule has 2 aliphatic carbocycles. The van der Waals surface area contributed by atoms with Gasteiger partial charge >= 0.3 is 0 Å². The third-order valence-corrected chi connectivity index (χ3v) is 2.28. The zero-order valence-corrected chi connectivity index (χ0v) is 6.55. The Labute approximate surface area is 66.8 Å². The summed E-state index contributed by atoms with van der Waals surface area (Å²) in [5.74, 6) is 0.808. The van der Waals surface area contributed by atoms with E-state index in [1.54, 1.807) is 0 Å². The maximum absolute atomic E-state index is 11.5. The first kappa shape index (κ1) is 6.84. The topological polar surface area (TPSA) is 17.1 Å². The van der Waals surface area contributed by atoms with Gasteiger partial charge in [0.05, 0.1) is 0 Å². The lowest BCUT2D eigenvalue weighted by molar-refractivity contribution is -0.116. The van der Waals surface area contributed by atoms with Crippen LogP contribution >= 0.6 is 0 Å². The summed E-state index contributed by atoms with van der Waals surface area (Å²) in [6.45, 7) is 0. The second-order valence-electron chi connectivity index (χ2n) is 3.30. The molecule has 1 heteroatoms. The highest BCUT2D eigenvalue weighted by Crippen LogP contribution is 2.33. The number of Topliss-reactive ketones (excluding diaryl/α,β-unsaturated/α-hetero) is 1. The molecular formula is C10H12O. The van der Waals surface area contributed by atoms with E-state index in [4.69, 9.17) is 0 Å². The van der Waals surface area contributed by atoms with Crippen LogP contribution in [0.1, 0.15) is 25.7 Å². The maximum atomic E-state index is 11.5. The van der Waals surface area contributed by atoms with Crippen LogP contribution in [0.3, 0.4) is 0 Å². The minimum atomic E-state index is 0.396. The molecule has 1 fully saturated rings. The van der Waals surface area contributed by atoms with Crippen molar-refractivity contribution in [1.82, 2.24) is 0 Å². The Morgan fingerprint density at radius 1 is 1.45 bits per heavy atom. The molecule has 0 atom stereocenters. The van der Waals surface area contributed by atoms with E-state index in [1.807, 2.05) is 12.2 Å². The van der Waals surface area contributed by atoms with Gasteiger partial charge in [0.2, 0.25) is 0 Å². The van der Waals surface area contributed by atoms with E-state index in [0.717, 1.165) is 31.3 Å². The van der Waals surface area contributed by atoms with Crippen molar-refractivity contribution in [2.45, 2.75) is 25.7 Å². The summed E-state index contributed by atoms with van der Waals surface area (Å²) < 4.78 is 0. The van der Waals surface area contributed by atoms with Crippen LogP contribution in [-0.4, -0.2) is 5.78 Å². The molecule has 0 spiro atoms. The molecule has 2 rings (SSSR count). The average Bonchev–Trinajstić information content (AvgIpc) is 2.87. The fourth-order valence-corrected chi connectivity index (χ4v) is 1.42. The molecule has 0 aromatic carbocycles. The van der Waals surface area contributed by atoms with Crippen LogP contribution in [0.25, 0.3) is 0 Å². The summed E-state index contributed by atoms with van der Waals surface area (Å²) in [6.07, 6.45) is 10.4. The molecule has 58 valence electrons. The zero-order valence-electron chi connectivity index (χ0n) is 6.55. The summed E-state index contributed by atoms with van der Waals surface area (Å²) >= 11 is 0. The van der Waals surface area contributed by atoms with Gasteiger partial charge in [0.1, 0.15) is 0 Å². The maximum Gasteiger partial charge on any atom is 0.161 e. The first-order chi connectivity index (χ1) is 5.38. The predicted molar refractivity (Wildman–Crippen MR) is 44.2 cm³/mol. The van der Waals surface area contributed by atoms with Crippen molar-refractivity contribution in [3.8, 4) is 0 Å². The number of carbonyl (C=O) groups is 1. The Bertz CT molecular complexity index is 231. The van der Waals surface area contributed by atoms with Gasteiger partial charge in [-0.1, -0.05) is 18.2 Å². The largest absolute Gasteiger partial charge is 0.294 e. The molecular weight excluding hydrogens is 136 g/mol. The van der Waals surface area contributed by atoms with Crippen molar-refractivity contribution in [3.05, 3.63) is 23.8 Å². The number of rotatable bonds is 2. The van der Waals surface area contributed by atoms with Gasteiger partial charge in [0.25, 0.3) is 0 Å². The van der Waals surface area contributed by atoms with Crippen molar-refractivity contribution in [1.29, 1.82) is 0 Å². The zero-order chi connectivity index (χ0) is 7.68. The minimum Gasteiger partial charge on any atom is -0.294 e. The van der Waals surface area contributed by atoms with Crippen LogP contribution in [0.4, 0.5) is 0 Å². The lowest BCUT2D eigenvalue weighted by atomic mass is 9.99. The fourth-order valence-electron chi connectivity index (χ4n) is 1.42. The first-order valence-corrected chi connectivity index (χ1v) is 4.28. The number of allylic oxidation sites excluding steroid dienone is 4. The minimum absolute atomic E-state index is 0.396. The highest BCUT2D eigenvalue weighted by Gasteiger charge is 2.31. The van der Waals surface area contributed by atoms with Crippen LogP contribution in [0, 0.1) is 5.92 Å². The molecule has 1 saturated carbocycles. The lowest BCUT2D eigenvalue weighted by Crippen LogP contribution is -2.05. The highest BCUT2D eigenvalue weighted by atomic mass is 16.1. The first-order valence-electron chi connectivity index (χ1n) is 4.28. The molecule has 11 heavy (non-hydrogen) atoms. The predicted octanol–water partition coefficient (Wildman–Crippen LogP) is 2.24. The molecule has 0 radical (unpaired) electrons. The van der Waals surface area contributed by atoms with E-state index in [2.05, 4.69) is 6.08 Å². The Kier molecular flexibility index (Phi) is 1.65. The second kappa shape index (κ2) is 2.65. The van der Waals surface area contributed by atoms with Crippen LogP contribution in [-0.2, 0) is 4.79 Å². The van der Waals surface area contributed by atoms with E-state index >= 15 is 0 Å². The Hall–Kier alpha value is -0.850. The van der Waals surface area contributed by atoms with Gasteiger partial charge < -0.3 is 0 Å². The molecule has 0 saturated heterocycles. The standard InChI is InChI=1S/C10H12O/c11-10(9-6-7-9)8-4-2-1-3-5-8/h1-2,4,9H,3,5-7H2. The number of hydrogen-bond donors (Lipinski definition) is 0. The molecule has 0 unspecified atom stereocenters. The normalized spacial score (nSPS) is 23.1. The van der Waals surface area contributed by atoms with Gasteiger partial charge in [-0.2, -0.15) is 0 Å². The molecule has 0 aromatic heterocycles. The molecule has 0 N–H and O–H groups in total. The van der Waals surface area contributed by atoms with Gasteiger partial charge in [-0.15, -0.1) is 0 Å². The summed E-state index contributed by atoms with van der Waals surface area (Å²) in [6, 6.07) is 0. The van der Waals surface area contributed by atoms with Crippen molar-refractivity contribution >= 4 is 5.78 Å². The van der Waals surface area contributed by atoms with Crippen molar-refractivity contribution in [2.75, 3.05) is 0 Å². The molecule has 0 bridgehead atoms. The van der Waals surface area contributed by atoms with Crippen molar-refractivity contribution in [2.24, 2.45) is 5.92 Å². The van der Waals surface area contributed by atoms with E-state index in [0.29, 0.717) is 11.7 Å². The third kappa shape index (κ3) is 1.42. The Morgan fingerprint density at radius 3 is 2.82 bits per heavy atom. The average molecular weight is 148 g/mol. The Balaban J connectivity index is 2.07. The monoisotopic (exact) mass is 148 g/mol. The van der Waals surface area contributed by atoms with E-state index in [1.165, 1.54) is 0 Å². The quantitative estimate of drug-likeness (QED) is 0.587. The number of carbonyl (C=O) groups excluding carboxylic acids is 1. The van der Waals surface area contributed by atoms with E-state index in [9.17, 15) is 4.79 Å². The van der Waals surface area contributed by atoms with Gasteiger partial charge in [-0.3, -0.25) is 4.79 Å². The van der Waals surface area contributed by atoms with E-state index in [-0.39, 0.29) is 0 Å². The van der Waals surface area contributed by atoms with Gasteiger partial charge in [0.15, 0.2) is 5.78 Å². The number of hydrogen-bond acceptors (Lipinski definition) is 1. The molecule has 0 amide bonds. The van der Waals surface area contributed by atoms with Crippen LogP contribution in [0.2, 0.25) is 0 Å². The van der Waals surface area contributed by atoms with Crippen LogP contribution in [0.15, 0.2) is 23.8 Å². The Morgan fingerprint density at radius 2 is 2.27 bits per heavy atom. The SMILES string of the molecule is O=C(C1=CC=CCC1)C1CC1. The van der Waals surface area contributed by atoms with Crippen LogP contribution < -0.4 is 0 Å². The summed E-state index contributed by atoms with van der Waals surface area (Å²) in [5, 5.41) is 0. The number of ketones is 1. The molecule has 0 aliphatic heterocycles. The lowest BCUT2D eigenvalue weighted by Gasteiger charge is -2.05. The van der Waals surface area contributed by atoms with Gasteiger partial charge in [0, 0.05) is 5.92 Å². The fraction of sp³-hybridized carbons (Fsp3) is 0.500. The van der Waals surface area contributed by atoms with Crippen molar-refractivity contribution < 1.29 is 4.79 Å². The summed E-state index contributed by atoms with van der Waals surface area (Å²) in [4.78, 5) is 11.5. The van der Waals surface area contributed by atoms with E-state index < -0.39 is 0 Å². The van der Waals surface area contributed by atoms with Gasteiger partial charge in [-0.05, 0) is 31.3 Å². The molecule has 0 aromatic rings. The molecule has 1 nitrogen and oxygen atoms in total. The van der Waals surface area contributed by atoms with Crippen LogP contribution in [0.5, 0.6) is 0 Å². The molecule has 2 aliphatic rings. The summed E-state index contributed by atoms with van der Waals surface area (Å²) in [5.41, 5.74) is 1.05. The third-order valence-electron chi connectivity index (χ3n) is 2.28. The summed E-state index contributed by atoms with van der Waals surface area (Å²) in [7, 11) is 0.